The van der Waals surface area contributed by atoms with E-state index < -0.39 is 17.8 Å². The molecule has 4 rings (SSSR count). The molecule has 1 heterocycles. The number of aromatic amines is 1. The number of aromatic nitrogens is 1. The lowest BCUT2D eigenvalue weighted by Crippen LogP contribution is -2.32. The number of amides is 2. The molecular formula is C28H27N3O4. The summed E-state index contributed by atoms with van der Waals surface area (Å²) in [5, 5.41) is 6.57. The third-order valence-corrected chi connectivity index (χ3v) is 5.66. The molecule has 0 aliphatic heterocycles. The molecule has 178 valence electrons. The van der Waals surface area contributed by atoms with E-state index in [0.717, 1.165) is 16.5 Å². The van der Waals surface area contributed by atoms with Gasteiger partial charge in [0.1, 0.15) is 11.6 Å². The molecular weight excluding hydrogens is 442 g/mol. The highest BCUT2D eigenvalue weighted by Crippen LogP contribution is 2.24. The van der Waals surface area contributed by atoms with Crippen molar-refractivity contribution >= 4 is 40.1 Å². The number of carbonyl (C=O) groups excluding carboxylic acids is 3. The van der Waals surface area contributed by atoms with Crippen LogP contribution in [0.25, 0.3) is 10.9 Å². The minimum Gasteiger partial charge on any atom is -0.465 e. The number of rotatable bonds is 9. The van der Waals surface area contributed by atoms with E-state index in [1.165, 1.54) is 0 Å². The Morgan fingerprint density at radius 2 is 1.51 bits per heavy atom. The fourth-order valence-corrected chi connectivity index (χ4v) is 3.86. The van der Waals surface area contributed by atoms with Crippen molar-refractivity contribution in [1.29, 1.82) is 0 Å². The number of para-hydroxylation sites is 3. The molecule has 1 aromatic heterocycles. The monoisotopic (exact) mass is 469 g/mol. The van der Waals surface area contributed by atoms with Gasteiger partial charge >= 0.3 is 5.97 Å². The van der Waals surface area contributed by atoms with Crippen molar-refractivity contribution in [1.82, 2.24) is 4.98 Å². The first-order valence-corrected chi connectivity index (χ1v) is 11.5. The first kappa shape index (κ1) is 23.8. The number of ether oxygens (including phenoxy) is 1. The van der Waals surface area contributed by atoms with Gasteiger partial charge in [-0.3, -0.25) is 14.4 Å². The quantitative estimate of drug-likeness (QED) is 0.233. The van der Waals surface area contributed by atoms with Crippen LogP contribution in [-0.2, 0) is 20.7 Å². The van der Waals surface area contributed by atoms with Crippen LogP contribution in [0.5, 0.6) is 0 Å². The van der Waals surface area contributed by atoms with Gasteiger partial charge in [-0.05, 0) is 49.6 Å². The van der Waals surface area contributed by atoms with Gasteiger partial charge < -0.3 is 20.4 Å². The summed E-state index contributed by atoms with van der Waals surface area (Å²) < 4.78 is 5.16. The van der Waals surface area contributed by atoms with Crippen LogP contribution in [0.15, 0.2) is 84.9 Å². The third-order valence-electron chi connectivity index (χ3n) is 5.66. The maximum atomic E-state index is 13.1. The lowest BCUT2D eigenvalue weighted by Gasteiger charge is -2.17. The molecule has 1 atom stereocenters. The Kier molecular flexibility index (Phi) is 7.57. The predicted molar refractivity (Wildman–Crippen MR) is 136 cm³/mol. The van der Waals surface area contributed by atoms with Crippen LogP contribution in [0.1, 0.15) is 29.4 Å². The van der Waals surface area contributed by atoms with Gasteiger partial charge in [0.15, 0.2) is 0 Å². The number of hydrogen-bond acceptors (Lipinski definition) is 4. The Balaban J connectivity index is 1.49. The van der Waals surface area contributed by atoms with Gasteiger partial charge in [0.05, 0.1) is 18.0 Å². The maximum Gasteiger partial charge on any atom is 0.318 e. The normalized spacial score (nSPS) is 11.6. The second-order valence-electron chi connectivity index (χ2n) is 8.09. The second kappa shape index (κ2) is 11.2. The molecule has 3 aromatic carbocycles. The Morgan fingerprint density at radius 1 is 0.857 bits per heavy atom. The summed E-state index contributed by atoms with van der Waals surface area (Å²) in [6, 6.07) is 25.9. The smallest absolute Gasteiger partial charge is 0.318 e. The largest absolute Gasteiger partial charge is 0.465 e. The number of anilines is 2. The summed E-state index contributed by atoms with van der Waals surface area (Å²) >= 11 is 0. The number of aryl methyl sites for hydroxylation is 1. The van der Waals surface area contributed by atoms with Crippen molar-refractivity contribution in [2.24, 2.45) is 5.92 Å². The van der Waals surface area contributed by atoms with Crippen LogP contribution < -0.4 is 10.6 Å². The van der Waals surface area contributed by atoms with Crippen molar-refractivity contribution in [3.05, 3.63) is 96.2 Å². The van der Waals surface area contributed by atoms with Crippen LogP contribution in [0, 0.1) is 5.92 Å². The van der Waals surface area contributed by atoms with Gasteiger partial charge in [-0.2, -0.15) is 0 Å². The second-order valence-corrected chi connectivity index (χ2v) is 8.09. The van der Waals surface area contributed by atoms with Gasteiger partial charge in [-0.25, -0.2) is 0 Å². The highest BCUT2D eigenvalue weighted by atomic mass is 16.5. The van der Waals surface area contributed by atoms with E-state index in [1.54, 1.807) is 37.3 Å². The molecule has 0 fully saturated rings. The Morgan fingerprint density at radius 3 is 2.23 bits per heavy atom. The molecule has 1 unspecified atom stereocenters. The van der Waals surface area contributed by atoms with Gasteiger partial charge in [-0.15, -0.1) is 0 Å². The lowest BCUT2D eigenvalue weighted by atomic mass is 9.98. The van der Waals surface area contributed by atoms with Gasteiger partial charge in [0.2, 0.25) is 5.91 Å². The predicted octanol–water partition coefficient (Wildman–Crippen LogP) is 5.17. The van der Waals surface area contributed by atoms with Crippen LogP contribution in [0.4, 0.5) is 11.4 Å². The summed E-state index contributed by atoms with van der Waals surface area (Å²) in [4.78, 5) is 41.7. The molecule has 0 aliphatic rings. The van der Waals surface area contributed by atoms with E-state index in [4.69, 9.17) is 4.74 Å². The fraction of sp³-hybridized carbons (Fsp3) is 0.179. The van der Waals surface area contributed by atoms with Gasteiger partial charge in [0.25, 0.3) is 5.91 Å². The van der Waals surface area contributed by atoms with Crippen LogP contribution in [-0.4, -0.2) is 29.4 Å². The van der Waals surface area contributed by atoms with E-state index in [0.29, 0.717) is 29.9 Å². The summed E-state index contributed by atoms with van der Waals surface area (Å²) in [7, 11) is 0. The minimum atomic E-state index is -0.979. The molecule has 0 saturated carbocycles. The van der Waals surface area contributed by atoms with E-state index >= 15 is 0 Å². The molecule has 0 saturated heterocycles. The van der Waals surface area contributed by atoms with E-state index in [1.807, 2.05) is 54.6 Å². The van der Waals surface area contributed by atoms with Crippen molar-refractivity contribution < 1.29 is 19.1 Å². The number of benzene rings is 3. The number of H-pyrrole nitrogens is 1. The summed E-state index contributed by atoms with van der Waals surface area (Å²) in [5.74, 6) is -2.37. The maximum absolute atomic E-state index is 13.1. The van der Waals surface area contributed by atoms with E-state index in [-0.39, 0.29) is 12.5 Å². The molecule has 7 heteroatoms. The molecule has 35 heavy (non-hydrogen) atoms. The van der Waals surface area contributed by atoms with E-state index in [2.05, 4.69) is 15.6 Å². The molecule has 3 N–H and O–H groups in total. The Hall–Kier alpha value is -4.39. The van der Waals surface area contributed by atoms with Gasteiger partial charge in [0, 0.05) is 10.9 Å². The minimum absolute atomic E-state index is 0.186. The van der Waals surface area contributed by atoms with E-state index in [9.17, 15) is 14.4 Å². The standard InChI is InChI=1S/C28H27N3O4/c1-2-35-28(34)21(17-16-19-10-4-3-5-11-19)26(32)30-23-14-8-9-15-24(23)31-27(33)25-18-20-12-6-7-13-22(20)29-25/h3-15,18,21,29H,2,16-17H2,1H3,(H,30,32)(H,31,33). The molecule has 4 aromatic rings. The number of carbonyl (C=O) groups is 3. The number of esters is 1. The molecule has 0 aliphatic carbocycles. The van der Waals surface area contributed by atoms with Crippen molar-refractivity contribution in [3.63, 3.8) is 0 Å². The number of nitrogens with one attached hydrogen (secondary N) is 3. The molecule has 0 radical (unpaired) electrons. The average Bonchev–Trinajstić information content (AvgIpc) is 3.31. The van der Waals surface area contributed by atoms with Gasteiger partial charge in [-0.1, -0.05) is 60.7 Å². The SMILES string of the molecule is CCOC(=O)C(CCc1ccccc1)C(=O)Nc1ccccc1NC(=O)c1cc2ccccc2[nH]1. The van der Waals surface area contributed by atoms with Crippen LogP contribution >= 0.6 is 0 Å². The average molecular weight is 470 g/mol. The zero-order valence-electron chi connectivity index (χ0n) is 19.4. The fourth-order valence-electron chi connectivity index (χ4n) is 3.86. The highest BCUT2D eigenvalue weighted by Gasteiger charge is 2.28. The lowest BCUT2D eigenvalue weighted by molar-refractivity contribution is -0.151. The number of hydrogen-bond donors (Lipinski definition) is 3. The first-order chi connectivity index (χ1) is 17.0. The summed E-state index contributed by atoms with van der Waals surface area (Å²) in [6.45, 7) is 1.89. The molecule has 0 bridgehead atoms. The Labute approximate surface area is 203 Å². The number of fused-ring (bicyclic) bond motifs is 1. The van der Waals surface area contributed by atoms with Crippen LogP contribution in [0.2, 0.25) is 0 Å². The zero-order chi connectivity index (χ0) is 24.6. The van der Waals surface area contributed by atoms with Crippen molar-refractivity contribution in [2.45, 2.75) is 19.8 Å². The van der Waals surface area contributed by atoms with Crippen molar-refractivity contribution in [2.75, 3.05) is 17.2 Å². The highest BCUT2D eigenvalue weighted by molar-refractivity contribution is 6.10. The topological polar surface area (TPSA) is 100 Å². The molecule has 7 nitrogen and oxygen atoms in total. The molecule has 2 amide bonds. The van der Waals surface area contributed by atoms with Crippen LogP contribution in [0.3, 0.4) is 0 Å². The zero-order valence-corrected chi connectivity index (χ0v) is 19.4. The third kappa shape index (κ3) is 5.95. The first-order valence-electron chi connectivity index (χ1n) is 11.5. The molecule has 0 spiro atoms. The summed E-state index contributed by atoms with van der Waals surface area (Å²) in [5.41, 5.74) is 3.11. The van der Waals surface area contributed by atoms with Crippen molar-refractivity contribution in [3.8, 4) is 0 Å². The Bertz CT molecular complexity index is 1300. The summed E-state index contributed by atoms with van der Waals surface area (Å²) in [6.07, 6.45) is 0.856.